The molecule has 0 saturated heterocycles. The van der Waals surface area contributed by atoms with Crippen molar-refractivity contribution < 1.29 is 4.21 Å². The second-order valence-electron chi connectivity index (χ2n) is 3.76. The molecule has 0 aliphatic carbocycles. The number of anilines is 1. The first-order valence-corrected chi connectivity index (χ1v) is 7.47. The first kappa shape index (κ1) is 14.1. The predicted molar refractivity (Wildman–Crippen MR) is 83.7 cm³/mol. The van der Waals surface area contributed by atoms with Gasteiger partial charge >= 0.3 is 0 Å². The van der Waals surface area contributed by atoms with Gasteiger partial charge in [-0.3, -0.25) is 0 Å². The van der Waals surface area contributed by atoms with Gasteiger partial charge in [0, 0.05) is 21.1 Å². The molecule has 0 aromatic heterocycles. The molecule has 2 aromatic carbocycles. The summed E-state index contributed by atoms with van der Waals surface area (Å²) in [6, 6.07) is 14.3. The van der Waals surface area contributed by atoms with Crippen LogP contribution in [0.1, 0.15) is 5.56 Å². The van der Waals surface area contributed by atoms with Crippen LogP contribution < -0.4 is 4.72 Å². The smallest absolute Gasteiger partial charge is 0.142 e. The van der Waals surface area contributed by atoms with Gasteiger partial charge in [0.1, 0.15) is 11.0 Å². The number of benzene rings is 2. The van der Waals surface area contributed by atoms with E-state index < -0.39 is 11.0 Å². The number of rotatable bonds is 4. The third-order valence-electron chi connectivity index (χ3n) is 2.32. The predicted octanol–water partition coefficient (Wildman–Crippen LogP) is 4.74. The summed E-state index contributed by atoms with van der Waals surface area (Å²) in [7, 11) is -1.29. The number of halogens is 2. The van der Waals surface area contributed by atoms with Gasteiger partial charge in [0.05, 0.1) is 0 Å². The van der Waals surface area contributed by atoms with Crippen molar-refractivity contribution in [3.05, 3.63) is 69.5 Å². The van der Waals surface area contributed by atoms with Gasteiger partial charge in [-0.1, -0.05) is 35.3 Å². The zero-order chi connectivity index (χ0) is 13.7. The van der Waals surface area contributed by atoms with Crippen molar-refractivity contribution in [1.29, 1.82) is 0 Å². The molecular weight excluding hydrogens is 301 g/mol. The van der Waals surface area contributed by atoms with Crippen molar-refractivity contribution in [3.8, 4) is 0 Å². The lowest BCUT2D eigenvalue weighted by Gasteiger charge is -2.02. The maximum absolute atomic E-state index is 11.8. The second kappa shape index (κ2) is 6.75. The topological polar surface area (TPSA) is 29.1 Å². The molecule has 0 heterocycles. The van der Waals surface area contributed by atoms with Gasteiger partial charge in [-0.15, -0.1) is 0 Å². The highest BCUT2D eigenvalue weighted by Gasteiger charge is 1.96. The number of hydrogen-bond acceptors (Lipinski definition) is 1. The molecule has 1 unspecified atom stereocenters. The van der Waals surface area contributed by atoms with Crippen molar-refractivity contribution in [2.75, 3.05) is 4.72 Å². The van der Waals surface area contributed by atoms with Gasteiger partial charge in [0.2, 0.25) is 0 Å². The van der Waals surface area contributed by atoms with E-state index in [-0.39, 0.29) is 0 Å². The Kier molecular flexibility index (Phi) is 5.02. The zero-order valence-electron chi connectivity index (χ0n) is 9.85. The third kappa shape index (κ3) is 4.71. The van der Waals surface area contributed by atoms with Crippen LogP contribution in [-0.2, 0) is 11.0 Å². The average molecular weight is 312 g/mol. The largest absolute Gasteiger partial charge is 0.302 e. The summed E-state index contributed by atoms with van der Waals surface area (Å²) < 4.78 is 14.6. The molecule has 1 N–H and O–H groups in total. The van der Waals surface area contributed by atoms with E-state index in [4.69, 9.17) is 23.2 Å². The Morgan fingerprint density at radius 2 is 1.42 bits per heavy atom. The standard InChI is InChI=1S/C14H11Cl2NOS/c15-12-3-1-11(2-4-12)9-10-19(18)17-14-7-5-13(16)6-8-14/h1-10,17H. The van der Waals surface area contributed by atoms with E-state index in [2.05, 4.69) is 4.72 Å². The van der Waals surface area contributed by atoms with Gasteiger partial charge in [0.15, 0.2) is 0 Å². The minimum absolute atomic E-state index is 0.646. The Morgan fingerprint density at radius 1 is 0.895 bits per heavy atom. The molecule has 98 valence electrons. The van der Waals surface area contributed by atoms with E-state index in [0.717, 1.165) is 11.3 Å². The first-order valence-electron chi connectivity index (χ1n) is 5.50. The summed E-state index contributed by atoms with van der Waals surface area (Å²) in [5.41, 5.74) is 1.69. The minimum atomic E-state index is -1.29. The third-order valence-corrected chi connectivity index (χ3v) is 3.64. The Balaban J connectivity index is 1.97. The maximum Gasteiger partial charge on any atom is 0.142 e. The quantitative estimate of drug-likeness (QED) is 0.868. The molecule has 2 aromatic rings. The van der Waals surface area contributed by atoms with E-state index in [1.165, 1.54) is 0 Å². The van der Waals surface area contributed by atoms with Gasteiger partial charge in [-0.2, -0.15) is 0 Å². The van der Waals surface area contributed by atoms with E-state index in [0.29, 0.717) is 10.0 Å². The first-order chi connectivity index (χ1) is 9.13. The molecule has 2 rings (SSSR count). The summed E-state index contributed by atoms with van der Waals surface area (Å²) in [4.78, 5) is 0. The SMILES string of the molecule is O=S(C=Cc1ccc(Cl)cc1)Nc1ccc(Cl)cc1. The van der Waals surface area contributed by atoms with Crippen molar-refractivity contribution in [2.45, 2.75) is 0 Å². The molecule has 0 radical (unpaired) electrons. The number of nitrogens with one attached hydrogen (secondary N) is 1. The normalized spacial score (nSPS) is 12.5. The van der Waals surface area contributed by atoms with Crippen molar-refractivity contribution >= 4 is 46.0 Å². The molecule has 0 saturated carbocycles. The molecule has 0 amide bonds. The molecule has 0 bridgehead atoms. The lowest BCUT2D eigenvalue weighted by Crippen LogP contribution is -1.99. The molecule has 19 heavy (non-hydrogen) atoms. The summed E-state index contributed by atoms with van der Waals surface area (Å²) in [6.45, 7) is 0. The molecule has 0 spiro atoms. The van der Waals surface area contributed by atoms with Crippen LogP contribution >= 0.6 is 23.2 Å². The van der Waals surface area contributed by atoms with Crippen molar-refractivity contribution in [1.82, 2.24) is 0 Å². The monoisotopic (exact) mass is 311 g/mol. The summed E-state index contributed by atoms with van der Waals surface area (Å²) in [5, 5.41) is 2.91. The van der Waals surface area contributed by atoms with E-state index in [1.807, 2.05) is 12.1 Å². The fraction of sp³-hybridized carbons (Fsp3) is 0. The van der Waals surface area contributed by atoms with E-state index in [9.17, 15) is 4.21 Å². The van der Waals surface area contributed by atoms with Crippen molar-refractivity contribution in [2.24, 2.45) is 0 Å². The van der Waals surface area contributed by atoms with Crippen LogP contribution in [0.2, 0.25) is 10.0 Å². The minimum Gasteiger partial charge on any atom is -0.302 e. The van der Waals surface area contributed by atoms with Crippen LogP contribution in [0.4, 0.5) is 5.69 Å². The fourth-order valence-corrected chi connectivity index (χ4v) is 2.35. The van der Waals surface area contributed by atoms with Gasteiger partial charge in [0.25, 0.3) is 0 Å². The average Bonchev–Trinajstić information content (AvgIpc) is 2.41. The molecule has 2 nitrogen and oxygen atoms in total. The maximum atomic E-state index is 11.8. The van der Waals surface area contributed by atoms with Gasteiger partial charge in [-0.25, -0.2) is 4.21 Å². The molecule has 0 aliphatic rings. The van der Waals surface area contributed by atoms with Crippen LogP contribution in [-0.4, -0.2) is 4.21 Å². The molecule has 1 atom stereocenters. The molecule has 5 heteroatoms. The molecular formula is C14H11Cl2NOS. The van der Waals surface area contributed by atoms with Crippen LogP contribution in [0.3, 0.4) is 0 Å². The van der Waals surface area contributed by atoms with E-state index in [1.54, 1.807) is 47.9 Å². The highest BCUT2D eigenvalue weighted by molar-refractivity contribution is 7.89. The highest BCUT2D eigenvalue weighted by Crippen LogP contribution is 2.15. The molecule has 0 fully saturated rings. The van der Waals surface area contributed by atoms with Crippen molar-refractivity contribution in [3.63, 3.8) is 0 Å². The van der Waals surface area contributed by atoms with Crippen LogP contribution in [0, 0.1) is 0 Å². The zero-order valence-corrected chi connectivity index (χ0v) is 12.2. The Bertz CT molecular complexity index is 594. The van der Waals surface area contributed by atoms with Crippen LogP contribution in [0.5, 0.6) is 0 Å². The van der Waals surface area contributed by atoms with Crippen LogP contribution in [0.25, 0.3) is 6.08 Å². The summed E-state index contributed by atoms with van der Waals surface area (Å²) in [6.07, 6.45) is 1.77. The Hall–Kier alpha value is -1.29. The fourth-order valence-electron chi connectivity index (χ4n) is 1.38. The second-order valence-corrected chi connectivity index (χ2v) is 5.70. The molecule has 0 aliphatic heterocycles. The number of hydrogen-bond donors (Lipinski definition) is 1. The lowest BCUT2D eigenvalue weighted by atomic mass is 10.2. The van der Waals surface area contributed by atoms with Gasteiger partial charge in [-0.05, 0) is 48.0 Å². The van der Waals surface area contributed by atoms with E-state index >= 15 is 0 Å². The lowest BCUT2D eigenvalue weighted by molar-refractivity contribution is 0.691. The van der Waals surface area contributed by atoms with Gasteiger partial charge < -0.3 is 4.72 Å². The Morgan fingerprint density at radius 3 is 2.00 bits per heavy atom. The van der Waals surface area contributed by atoms with Crippen LogP contribution in [0.15, 0.2) is 53.9 Å². The summed E-state index contributed by atoms with van der Waals surface area (Å²) in [5.74, 6) is 0. The highest BCUT2D eigenvalue weighted by atomic mass is 35.5. The Labute approximate surface area is 124 Å². The summed E-state index contributed by atoms with van der Waals surface area (Å²) >= 11 is 11.6.